The summed E-state index contributed by atoms with van der Waals surface area (Å²) in [6.07, 6.45) is 5.57. The van der Waals surface area contributed by atoms with Gasteiger partial charge in [0.25, 0.3) is 0 Å². The van der Waals surface area contributed by atoms with Crippen LogP contribution >= 0.6 is 24.0 Å². The number of piperidine rings is 1. The van der Waals surface area contributed by atoms with Crippen molar-refractivity contribution in [1.82, 2.24) is 15.5 Å². The maximum absolute atomic E-state index is 12.2. The van der Waals surface area contributed by atoms with Crippen molar-refractivity contribution in [2.24, 2.45) is 10.9 Å². The number of rotatable bonds is 4. The van der Waals surface area contributed by atoms with Crippen LogP contribution in [-0.4, -0.2) is 54.8 Å². The minimum Gasteiger partial charge on any atom is -0.444 e. The van der Waals surface area contributed by atoms with Gasteiger partial charge in [-0.2, -0.15) is 0 Å². The molecular formula is C18H35IN4O2. The fraction of sp³-hybridized carbons (Fsp3) is 0.889. The first-order valence-electron chi connectivity index (χ1n) is 9.30. The number of guanidine groups is 1. The molecule has 7 heteroatoms. The lowest BCUT2D eigenvalue weighted by Crippen LogP contribution is -2.53. The van der Waals surface area contributed by atoms with E-state index in [4.69, 9.17) is 4.74 Å². The molecule has 1 amide bonds. The molecule has 0 aromatic heterocycles. The molecule has 25 heavy (non-hydrogen) atoms. The van der Waals surface area contributed by atoms with Crippen LogP contribution in [0.1, 0.15) is 59.8 Å². The molecule has 3 unspecified atom stereocenters. The molecular weight excluding hydrogens is 431 g/mol. The summed E-state index contributed by atoms with van der Waals surface area (Å²) >= 11 is 0. The first kappa shape index (κ1) is 22.3. The molecule has 1 heterocycles. The monoisotopic (exact) mass is 466 g/mol. The Morgan fingerprint density at radius 2 is 2.04 bits per heavy atom. The van der Waals surface area contributed by atoms with Gasteiger partial charge in [-0.05, 0) is 52.4 Å². The van der Waals surface area contributed by atoms with Crippen LogP contribution in [0.25, 0.3) is 0 Å². The van der Waals surface area contributed by atoms with Crippen molar-refractivity contribution in [3.05, 3.63) is 0 Å². The molecule has 0 spiro atoms. The number of nitrogens with zero attached hydrogens (tertiary/aromatic N) is 2. The number of halogens is 1. The van der Waals surface area contributed by atoms with Gasteiger partial charge in [0, 0.05) is 32.2 Å². The molecule has 2 N–H and O–H groups in total. The summed E-state index contributed by atoms with van der Waals surface area (Å²) in [4.78, 5) is 18.4. The van der Waals surface area contributed by atoms with Crippen molar-refractivity contribution in [1.29, 1.82) is 0 Å². The third-order valence-corrected chi connectivity index (χ3v) is 4.54. The molecule has 1 aliphatic heterocycles. The molecule has 0 bridgehead atoms. The number of carbonyl (C=O) groups excluding carboxylic acids is 1. The van der Waals surface area contributed by atoms with E-state index in [1.807, 2.05) is 20.8 Å². The van der Waals surface area contributed by atoms with E-state index in [1.165, 1.54) is 19.3 Å². The maximum atomic E-state index is 12.2. The molecule has 2 aliphatic rings. The van der Waals surface area contributed by atoms with Crippen molar-refractivity contribution in [2.75, 3.05) is 20.1 Å². The van der Waals surface area contributed by atoms with E-state index in [2.05, 4.69) is 22.5 Å². The summed E-state index contributed by atoms with van der Waals surface area (Å²) in [5.41, 5.74) is -0.449. The summed E-state index contributed by atoms with van der Waals surface area (Å²) in [5, 5.41) is 6.99. The van der Waals surface area contributed by atoms with Gasteiger partial charge >= 0.3 is 6.09 Å². The Labute approximate surface area is 169 Å². The summed E-state index contributed by atoms with van der Waals surface area (Å²) in [5.74, 6) is 1.65. The number of ether oxygens (including phenoxy) is 1. The highest BCUT2D eigenvalue weighted by Gasteiger charge is 2.37. The molecule has 3 atom stereocenters. The van der Waals surface area contributed by atoms with Crippen molar-refractivity contribution in [3.8, 4) is 0 Å². The molecule has 0 aromatic rings. The van der Waals surface area contributed by atoms with Gasteiger partial charge in [-0.25, -0.2) is 4.79 Å². The van der Waals surface area contributed by atoms with Gasteiger partial charge < -0.3 is 20.3 Å². The lowest BCUT2D eigenvalue weighted by atomic mass is 10.1. The van der Waals surface area contributed by atoms with Crippen LogP contribution in [-0.2, 0) is 4.74 Å². The zero-order valence-electron chi connectivity index (χ0n) is 16.3. The fourth-order valence-electron chi connectivity index (χ4n) is 3.24. The molecule has 1 saturated heterocycles. The summed E-state index contributed by atoms with van der Waals surface area (Å²) < 4.78 is 5.49. The third-order valence-electron chi connectivity index (χ3n) is 4.54. The van der Waals surface area contributed by atoms with Gasteiger partial charge in [-0.3, -0.25) is 4.99 Å². The lowest BCUT2D eigenvalue weighted by Gasteiger charge is -2.35. The molecule has 2 rings (SSSR count). The van der Waals surface area contributed by atoms with Gasteiger partial charge in [0.2, 0.25) is 0 Å². The maximum Gasteiger partial charge on any atom is 0.410 e. The highest BCUT2D eigenvalue weighted by Crippen LogP contribution is 2.34. The molecule has 1 saturated carbocycles. The number of nitrogens with one attached hydrogen (secondary N) is 2. The van der Waals surface area contributed by atoms with Crippen molar-refractivity contribution < 1.29 is 9.53 Å². The average molecular weight is 466 g/mol. The van der Waals surface area contributed by atoms with E-state index in [0.29, 0.717) is 12.6 Å². The molecule has 2 fully saturated rings. The third kappa shape index (κ3) is 7.58. The standard InChI is InChI=1S/C18H34N4O2.HI/c1-6-8-13-11-15(13)21-16(19-5)20-14-9-7-10-22(12-14)17(23)24-18(2,3)4;/h13-15H,6-12H2,1-5H3,(H2,19,20,21);1H. The Balaban J connectivity index is 0.00000312. The van der Waals surface area contributed by atoms with E-state index < -0.39 is 5.60 Å². The second-order valence-electron chi connectivity index (χ2n) is 8.02. The first-order valence-corrected chi connectivity index (χ1v) is 9.30. The fourth-order valence-corrected chi connectivity index (χ4v) is 3.24. The van der Waals surface area contributed by atoms with Gasteiger partial charge in [0.1, 0.15) is 5.60 Å². The molecule has 0 radical (unpaired) electrons. The quantitative estimate of drug-likeness (QED) is 0.379. The lowest BCUT2D eigenvalue weighted by molar-refractivity contribution is 0.0193. The number of carbonyl (C=O) groups is 1. The second kappa shape index (κ2) is 9.83. The van der Waals surface area contributed by atoms with E-state index in [9.17, 15) is 4.79 Å². The van der Waals surface area contributed by atoms with E-state index >= 15 is 0 Å². The van der Waals surface area contributed by atoms with Gasteiger partial charge in [-0.1, -0.05) is 13.3 Å². The van der Waals surface area contributed by atoms with Crippen LogP contribution in [0.4, 0.5) is 4.79 Å². The first-order chi connectivity index (χ1) is 11.3. The average Bonchev–Trinajstić information content (AvgIpc) is 3.23. The number of likely N-dealkylation sites (tertiary alicyclic amines) is 1. The van der Waals surface area contributed by atoms with Crippen LogP contribution in [0.15, 0.2) is 4.99 Å². The van der Waals surface area contributed by atoms with Crippen LogP contribution in [0, 0.1) is 5.92 Å². The smallest absolute Gasteiger partial charge is 0.410 e. The highest BCUT2D eigenvalue weighted by molar-refractivity contribution is 14.0. The van der Waals surface area contributed by atoms with Gasteiger partial charge in [0.15, 0.2) is 5.96 Å². The molecule has 1 aliphatic carbocycles. The zero-order chi connectivity index (χ0) is 17.7. The van der Waals surface area contributed by atoms with Gasteiger partial charge in [-0.15, -0.1) is 24.0 Å². The Morgan fingerprint density at radius 1 is 1.32 bits per heavy atom. The minimum absolute atomic E-state index is 0. The molecule has 0 aromatic carbocycles. The largest absolute Gasteiger partial charge is 0.444 e. The Bertz CT molecular complexity index is 464. The van der Waals surface area contributed by atoms with E-state index in [-0.39, 0.29) is 36.1 Å². The van der Waals surface area contributed by atoms with Crippen molar-refractivity contribution >= 4 is 36.0 Å². The van der Waals surface area contributed by atoms with Crippen LogP contribution in [0.2, 0.25) is 0 Å². The second-order valence-corrected chi connectivity index (χ2v) is 8.02. The Morgan fingerprint density at radius 3 is 2.64 bits per heavy atom. The number of hydrogen-bond donors (Lipinski definition) is 2. The summed E-state index contributed by atoms with van der Waals surface area (Å²) in [6.45, 7) is 9.37. The minimum atomic E-state index is -0.449. The number of amides is 1. The molecule has 6 nitrogen and oxygen atoms in total. The predicted octanol–water partition coefficient (Wildman–Crippen LogP) is 3.36. The van der Waals surface area contributed by atoms with Crippen LogP contribution < -0.4 is 10.6 Å². The van der Waals surface area contributed by atoms with Crippen molar-refractivity contribution in [2.45, 2.75) is 77.5 Å². The highest BCUT2D eigenvalue weighted by atomic mass is 127. The SMILES string of the molecule is CCCC1CC1NC(=NC)NC1CCCN(C(=O)OC(C)(C)C)C1.I. The predicted molar refractivity (Wildman–Crippen MR) is 113 cm³/mol. The molecule has 146 valence electrons. The van der Waals surface area contributed by atoms with Gasteiger partial charge in [0.05, 0.1) is 0 Å². The summed E-state index contributed by atoms with van der Waals surface area (Å²) in [6, 6.07) is 0.780. The Kier molecular flexibility index (Phi) is 8.77. The zero-order valence-corrected chi connectivity index (χ0v) is 18.6. The van der Waals surface area contributed by atoms with E-state index in [1.54, 1.807) is 11.9 Å². The van der Waals surface area contributed by atoms with Crippen LogP contribution in [0.5, 0.6) is 0 Å². The van der Waals surface area contributed by atoms with E-state index in [0.717, 1.165) is 31.3 Å². The normalized spacial score (nSPS) is 26.5. The number of aliphatic imine (C=N–C) groups is 1. The van der Waals surface area contributed by atoms with Crippen molar-refractivity contribution in [3.63, 3.8) is 0 Å². The number of hydrogen-bond acceptors (Lipinski definition) is 3. The Hall–Kier alpha value is -0.730. The summed E-state index contributed by atoms with van der Waals surface area (Å²) in [7, 11) is 1.81. The van der Waals surface area contributed by atoms with Crippen LogP contribution in [0.3, 0.4) is 0 Å². The topological polar surface area (TPSA) is 66.0 Å².